The summed E-state index contributed by atoms with van der Waals surface area (Å²) in [6, 6.07) is 6.08. The molecule has 25 heavy (non-hydrogen) atoms. The summed E-state index contributed by atoms with van der Waals surface area (Å²) in [5, 5.41) is 6.29. The van der Waals surface area contributed by atoms with Gasteiger partial charge in [-0.1, -0.05) is 6.07 Å². The van der Waals surface area contributed by atoms with Gasteiger partial charge in [-0.2, -0.15) is 0 Å². The molecule has 2 amide bonds. The van der Waals surface area contributed by atoms with E-state index in [9.17, 15) is 9.59 Å². The van der Waals surface area contributed by atoms with Gasteiger partial charge in [-0.15, -0.1) is 0 Å². The number of nitrogens with zero attached hydrogens (tertiary/aromatic N) is 1. The van der Waals surface area contributed by atoms with Crippen molar-refractivity contribution in [3.63, 3.8) is 0 Å². The predicted octanol–water partition coefficient (Wildman–Crippen LogP) is 2.24. The molecule has 0 aliphatic carbocycles. The monoisotopic (exact) mass is 411 g/mol. The third-order valence-electron chi connectivity index (χ3n) is 4.55. The average Bonchev–Trinajstić information content (AvgIpc) is 2.60. The van der Waals surface area contributed by atoms with E-state index in [4.69, 9.17) is 4.74 Å². The predicted molar refractivity (Wildman–Crippen MR) is 101 cm³/mol. The van der Waals surface area contributed by atoms with Crippen molar-refractivity contribution in [2.24, 2.45) is 0 Å². The van der Waals surface area contributed by atoms with Gasteiger partial charge in [0.25, 0.3) is 0 Å². The fraction of sp³-hybridized carbons (Fsp3) is 0.556. The Kier molecular flexibility index (Phi) is 7.25. The molecule has 2 N–H and O–H groups in total. The molecule has 1 unspecified atom stereocenters. The van der Waals surface area contributed by atoms with Crippen LogP contribution < -0.4 is 15.4 Å². The number of benzene rings is 1. The molecule has 0 aromatic heterocycles. The van der Waals surface area contributed by atoms with Crippen LogP contribution >= 0.6 is 15.9 Å². The Hall–Kier alpha value is -1.60. The molecule has 1 atom stereocenters. The number of carbonyl (C=O) groups excluding carboxylic acids is 2. The van der Waals surface area contributed by atoms with Crippen molar-refractivity contribution in [3.8, 4) is 5.75 Å². The standard InChI is InChI=1S/C18H26BrN3O3/c1-12(14-4-5-17(25-3)16(19)10-14)20-11-18(24)21-15-6-8-22(9-7-15)13(2)23/h4-5,10,12,15,20H,6-9,11H2,1-3H3,(H,21,24). The first kappa shape index (κ1) is 19.7. The van der Waals surface area contributed by atoms with Crippen LogP contribution in [0.3, 0.4) is 0 Å². The largest absolute Gasteiger partial charge is 0.496 e. The van der Waals surface area contributed by atoms with E-state index in [1.165, 1.54) is 0 Å². The lowest BCUT2D eigenvalue weighted by molar-refractivity contribution is -0.130. The molecule has 0 spiro atoms. The zero-order valence-corrected chi connectivity index (χ0v) is 16.6. The fourth-order valence-corrected chi connectivity index (χ4v) is 3.49. The molecule has 2 rings (SSSR count). The molecule has 6 nitrogen and oxygen atoms in total. The van der Waals surface area contributed by atoms with Crippen molar-refractivity contribution in [2.75, 3.05) is 26.7 Å². The number of piperidine rings is 1. The Labute approximate surface area is 157 Å². The Balaban J connectivity index is 1.76. The number of methoxy groups -OCH3 is 1. The molecule has 138 valence electrons. The summed E-state index contributed by atoms with van der Waals surface area (Å²) in [6.45, 7) is 5.29. The third-order valence-corrected chi connectivity index (χ3v) is 5.17. The van der Waals surface area contributed by atoms with Crippen LogP contribution in [-0.4, -0.2) is 49.5 Å². The van der Waals surface area contributed by atoms with Crippen LogP contribution in [0.25, 0.3) is 0 Å². The van der Waals surface area contributed by atoms with Gasteiger partial charge < -0.3 is 20.3 Å². The highest BCUT2D eigenvalue weighted by Gasteiger charge is 2.22. The molecule has 1 aromatic carbocycles. The molecule has 1 aromatic rings. The van der Waals surface area contributed by atoms with E-state index >= 15 is 0 Å². The van der Waals surface area contributed by atoms with Crippen molar-refractivity contribution in [1.29, 1.82) is 0 Å². The van der Waals surface area contributed by atoms with Crippen molar-refractivity contribution < 1.29 is 14.3 Å². The SMILES string of the molecule is COc1ccc(C(C)NCC(=O)NC2CCN(C(C)=O)CC2)cc1Br. The highest BCUT2D eigenvalue weighted by Crippen LogP contribution is 2.27. The maximum atomic E-state index is 12.1. The minimum absolute atomic E-state index is 0.0132. The van der Waals surface area contributed by atoms with Crippen LogP contribution in [0.1, 0.15) is 38.3 Å². The minimum atomic E-state index is -0.0132. The third kappa shape index (κ3) is 5.71. The maximum Gasteiger partial charge on any atom is 0.234 e. The highest BCUT2D eigenvalue weighted by molar-refractivity contribution is 9.10. The lowest BCUT2D eigenvalue weighted by Crippen LogP contribution is -2.48. The zero-order valence-electron chi connectivity index (χ0n) is 15.0. The summed E-state index contributed by atoms with van der Waals surface area (Å²) in [5.41, 5.74) is 1.08. The molecule has 1 heterocycles. The molecule has 1 aliphatic heterocycles. The van der Waals surface area contributed by atoms with Gasteiger partial charge in [0.15, 0.2) is 0 Å². The number of halogens is 1. The summed E-state index contributed by atoms with van der Waals surface area (Å²) >= 11 is 3.48. The number of hydrogen-bond donors (Lipinski definition) is 2. The van der Waals surface area contributed by atoms with E-state index in [-0.39, 0.29) is 30.4 Å². The molecule has 1 fully saturated rings. The Morgan fingerprint density at radius 2 is 2.04 bits per heavy atom. The topological polar surface area (TPSA) is 70.7 Å². The van der Waals surface area contributed by atoms with Gasteiger partial charge in [-0.3, -0.25) is 9.59 Å². The van der Waals surface area contributed by atoms with Gasteiger partial charge in [-0.05, 0) is 53.4 Å². The lowest BCUT2D eigenvalue weighted by atomic mass is 10.0. The van der Waals surface area contributed by atoms with E-state index in [0.717, 1.165) is 28.6 Å². The van der Waals surface area contributed by atoms with Crippen LogP contribution in [0.15, 0.2) is 22.7 Å². The van der Waals surface area contributed by atoms with Crippen molar-refractivity contribution in [1.82, 2.24) is 15.5 Å². The number of nitrogens with one attached hydrogen (secondary N) is 2. The smallest absolute Gasteiger partial charge is 0.234 e. The van der Waals surface area contributed by atoms with Crippen LogP contribution in [0.4, 0.5) is 0 Å². The summed E-state index contributed by atoms with van der Waals surface area (Å²) in [5.74, 6) is 0.872. The molecule has 1 saturated heterocycles. The van der Waals surface area contributed by atoms with E-state index < -0.39 is 0 Å². The lowest BCUT2D eigenvalue weighted by Gasteiger charge is -2.31. The van der Waals surface area contributed by atoms with Crippen molar-refractivity contribution >= 4 is 27.7 Å². The summed E-state index contributed by atoms with van der Waals surface area (Å²) < 4.78 is 6.12. The van der Waals surface area contributed by atoms with Crippen molar-refractivity contribution in [3.05, 3.63) is 28.2 Å². The number of amides is 2. The quantitative estimate of drug-likeness (QED) is 0.752. The average molecular weight is 412 g/mol. The minimum Gasteiger partial charge on any atom is -0.496 e. The Morgan fingerprint density at radius 3 is 2.60 bits per heavy atom. The molecule has 0 radical (unpaired) electrons. The summed E-state index contributed by atoms with van der Waals surface area (Å²) in [7, 11) is 1.63. The van der Waals surface area contributed by atoms with E-state index in [1.807, 2.05) is 30.0 Å². The number of ether oxygens (including phenoxy) is 1. The molecule has 7 heteroatoms. The van der Waals surface area contributed by atoms with E-state index in [0.29, 0.717) is 13.1 Å². The van der Waals surface area contributed by atoms with E-state index in [1.54, 1.807) is 14.0 Å². The van der Waals surface area contributed by atoms with Gasteiger partial charge >= 0.3 is 0 Å². The van der Waals surface area contributed by atoms with Crippen LogP contribution in [-0.2, 0) is 9.59 Å². The van der Waals surface area contributed by atoms with Crippen LogP contribution in [0, 0.1) is 0 Å². The summed E-state index contributed by atoms with van der Waals surface area (Å²) in [6.07, 6.45) is 1.62. The van der Waals surface area contributed by atoms with Gasteiger partial charge in [-0.25, -0.2) is 0 Å². The van der Waals surface area contributed by atoms with E-state index in [2.05, 4.69) is 26.6 Å². The van der Waals surface area contributed by atoms with Gasteiger partial charge in [0.1, 0.15) is 5.75 Å². The van der Waals surface area contributed by atoms with Gasteiger partial charge in [0.05, 0.1) is 18.1 Å². The van der Waals surface area contributed by atoms with Crippen molar-refractivity contribution in [2.45, 2.75) is 38.8 Å². The zero-order chi connectivity index (χ0) is 18.4. The second-order valence-electron chi connectivity index (χ2n) is 6.34. The number of carbonyl (C=O) groups is 2. The first-order valence-corrected chi connectivity index (χ1v) is 9.31. The number of likely N-dealkylation sites (tertiary alicyclic amines) is 1. The number of rotatable bonds is 6. The molecule has 1 aliphatic rings. The van der Waals surface area contributed by atoms with Gasteiger partial charge in [0, 0.05) is 32.1 Å². The number of hydrogen-bond acceptors (Lipinski definition) is 4. The maximum absolute atomic E-state index is 12.1. The second kappa shape index (κ2) is 9.20. The normalized spacial score (nSPS) is 16.4. The first-order chi connectivity index (χ1) is 11.9. The van der Waals surface area contributed by atoms with Crippen LogP contribution in [0.2, 0.25) is 0 Å². The first-order valence-electron chi connectivity index (χ1n) is 8.52. The second-order valence-corrected chi connectivity index (χ2v) is 7.20. The van der Waals surface area contributed by atoms with Crippen LogP contribution in [0.5, 0.6) is 5.75 Å². The molecular formula is C18H26BrN3O3. The molecule has 0 bridgehead atoms. The summed E-state index contributed by atoms with van der Waals surface area (Å²) in [4.78, 5) is 25.3. The molecule has 0 saturated carbocycles. The van der Waals surface area contributed by atoms with Gasteiger partial charge in [0.2, 0.25) is 11.8 Å². The molecular weight excluding hydrogens is 386 g/mol. The highest BCUT2D eigenvalue weighted by atomic mass is 79.9. The fourth-order valence-electron chi connectivity index (χ4n) is 2.93. The Bertz CT molecular complexity index is 616. The Morgan fingerprint density at radius 1 is 1.36 bits per heavy atom.